The first kappa shape index (κ1) is 8.30. The Morgan fingerprint density at radius 1 is 1.64 bits per heavy atom. The minimum absolute atomic E-state index is 0.145. The van der Waals surface area contributed by atoms with Crippen molar-refractivity contribution in [2.24, 2.45) is 5.73 Å². The summed E-state index contributed by atoms with van der Waals surface area (Å²) < 4.78 is 10.2. The highest BCUT2D eigenvalue weighted by Crippen LogP contribution is 2.13. The van der Waals surface area contributed by atoms with Crippen LogP contribution in [0, 0.1) is 6.92 Å². The standard InChI is InChI=1S/C8H13NO2/c1-6-3-4-8(11-6)7(9)5-10-2/h3-4,7H,5,9H2,1-2H3. The van der Waals surface area contributed by atoms with Crippen molar-refractivity contribution in [1.82, 2.24) is 0 Å². The Morgan fingerprint density at radius 2 is 2.36 bits per heavy atom. The van der Waals surface area contributed by atoms with E-state index in [2.05, 4.69) is 0 Å². The van der Waals surface area contributed by atoms with Crippen LogP contribution in [0.2, 0.25) is 0 Å². The Labute approximate surface area is 66.1 Å². The van der Waals surface area contributed by atoms with Gasteiger partial charge in [-0.3, -0.25) is 0 Å². The van der Waals surface area contributed by atoms with Crippen LogP contribution in [0.25, 0.3) is 0 Å². The van der Waals surface area contributed by atoms with Gasteiger partial charge in [0.2, 0.25) is 0 Å². The Kier molecular flexibility index (Phi) is 2.68. The minimum Gasteiger partial charge on any atom is -0.465 e. The molecular formula is C8H13NO2. The molecule has 0 spiro atoms. The SMILES string of the molecule is COCC(N)c1ccc(C)o1. The molecule has 3 heteroatoms. The summed E-state index contributed by atoms with van der Waals surface area (Å²) in [5, 5.41) is 0. The van der Waals surface area contributed by atoms with Gasteiger partial charge in [0, 0.05) is 7.11 Å². The molecular weight excluding hydrogens is 142 g/mol. The predicted octanol–water partition coefficient (Wildman–Crippen LogP) is 1.23. The molecule has 11 heavy (non-hydrogen) atoms. The van der Waals surface area contributed by atoms with Crippen LogP contribution in [-0.4, -0.2) is 13.7 Å². The molecule has 0 amide bonds. The maximum Gasteiger partial charge on any atom is 0.123 e. The second-order valence-electron chi connectivity index (χ2n) is 2.51. The van der Waals surface area contributed by atoms with E-state index >= 15 is 0 Å². The van der Waals surface area contributed by atoms with E-state index in [1.165, 1.54) is 0 Å². The molecule has 0 aliphatic carbocycles. The number of hydrogen-bond acceptors (Lipinski definition) is 3. The number of rotatable bonds is 3. The van der Waals surface area contributed by atoms with Crippen molar-refractivity contribution in [3.05, 3.63) is 23.7 Å². The fourth-order valence-corrected chi connectivity index (χ4v) is 0.914. The van der Waals surface area contributed by atoms with E-state index in [0.29, 0.717) is 6.61 Å². The van der Waals surface area contributed by atoms with E-state index in [9.17, 15) is 0 Å². The molecule has 0 fully saturated rings. The van der Waals surface area contributed by atoms with Crippen molar-refractivity contribution in [2.75, 3.05) is 13.7 Å². The van der Waals surface area contributed by atoms with Crippen LogP contribution in [0.15, 0.2) is 16.5 Å². The molecule has 2 N–H and O–H groups in total. The van der Waals surface area contributed by atoms with Crippen LogP contribution >= 0.6 is 0 Å². The molecule has 1 aromatic heterocycles. The fourth-order valence-electron chi connectivity index (χ4n) is 0.914. The predicted molar refractivity (Wildman–Crippen MR) is 42.2 cm³/mol. The van der Waals surface area contributed by atoms with Crippen molar-refractivity contribution in [2.45, 2.75) is 13.0 Å². The number of furan rings is 1. The van der Waals surface area contributed by atoms with Gasteiger partial charge in [0.15, 0.2) is 0 Å². The van der Waals surface area contributed by atoms with Gasteiger partial charge in [-0.1, -0.05) is 0 Å². The molecule has 0 aromatic carbocycles. The summed E-state index contributed by atoms with van der Waals surface area (Å²) in [4.78, 5) is 0. The lowest BCUT2D eigenvalue weighted by Crippen LogP contribution is -2.15. The molecule has 0 saturated heterocycles. The lowest BCUT2D eigenvalue weighted by atomic mass is 10.2. The van der Waals surface area contributed by atoms with Crippen molar-refractivity contribution in [1.29, 1.82) is 0 Å². The zero-order valence-electron chi connectivity index (χ0n) is 6.83. The molecule has 1 atom stereocenters. The zero-order chi connectivity index (χ0) is 8.27. The summed E-state index contributed by atoms with van der Waals surface area (Å²) in [5.74, 6) is 1.66. The van der Waals surface area contributed by atoms with Crippen LogP contribution in [-0.2, 0) is 4.74 Å². The largest absolute Gasteiger partial charge is 0.465 e. The highest BCUT2D eigenvalue weighted by Gasteiger charge is 2.08. The number of aryl methyl sites for hydroxylation is 1. The monoisotopic (exact) mass is 155 g/mol. The molecule has 62 valence electrons. The smallest absolute Gasteiger partial charge is 0.123 e. The van der Waals surface area contributed by atoms with Gasteiger partial charge in [0.1, 0.15) is 11.5 Å². The topological polar surface area (TPSA) is 48.4 Å². The van der Waals surface area contributed by atoms with Crippen LogP contribution in [0.4, 0.5) is 0 Å². The van der Waals surface area contributed by atoms with E-state index in [4.69, 9.17) is 14.9 Å². The average molecular weight is 155 g/mol. The third kappa shape index (κ3) is 2.06. The third-order valence-corrected chi connectivity index (χ3v) is 1.47. The van der Waals surface area contributed by atoms with E-state index < -0.39 is 0 Å². The highest BCUT2D eigenvalue weighted by molar-refractivity contribution is 5.08. The Bertz CT molecular complexity index is 220. The number of ether oxygens (including phenoxy) is 1. The first-order valence-corrected chi connectivity index (χ1v) is 3.55. The summed E-state index contributed by atoms with van der Waals surface area (Å²) in [6, 6.07) is 3.62. The Morgan fingerprint density at radius 3 is 2.82 bits per heavy atom. The molecule has 0 aliphatic heterocycles. The normalized spacial score (nSPS) is 13.4. The number of methoxy groups -OCH3 is 1. The summed E-state index contributed by atoms with van der Waals surface area (Å²) in [7, 11) is 1.62. The van der Waals surface area contributed by atoms with Gasteiger partial charge < -0.3 is 14.9 Å². The molecule has 1 heterocycles. The Hall–Kier alpha value is -0.800. The molecule has 0 saturated carbocycles. The van der Waals surface area contributed by atoms with Crippen LogP contribution in [0.3, 0.4) is 0 Å². The van der Waals surface area contributed by atoms with Crippen molar-refractivity contribution < 1.29 is 9.15 Å². The minimum atomic E-state index is -0.145. The summed E-state index contributed by atoms with van der Waals surface area (Å²) >= 11 is 0. The first-order chi connectivity index (χ1) is 5.24. The Balaban J connectivity index is 2.60. The second-order valence-corrected chi connectivity index (χ2v) is 2.51. The number of nitrogens with two attached hydrogens (primary N) is 1. The zero-order valence-corrected chi connectivity index (χ0v) is 6.83. The summed E-state index contributed by atoms with van der Waals surface area (Å²) in [5.41, 5.74) is 5.70. The molecule has 0 bridgehead atoms. The van der Waals surface area contributed by atoms with Gasteiger partial charge in [-0.15, -0.1) is 0 Å². The van der Waals surface area contributed by atoms with Crippen molar-refractivity contribution in [3.63, 3.8) is 0 Å². The molecule has 1 aromatic rings. The van der Waals surface area contributed by atoms with Gasteiger partial charge >= 0.3 is 0 Å². The molecule has 1 rings (SSSR count). The van der Waals surface area contributed by atoms with Gasteiger partial charge in [-0.2, -0.15) is 0 Å². The fraction of sp³-hybridized carbons (Fsp3) is 0.500. The second kappa shape index (κ2) is 3.55. The molecule has 3 nitrogen and oxygen atoms in total. The third-order valence-electron chi connectivity index (χ3n) is 1.47. The van der Waals surface area contributed by atoms with E-state index in [1.807, 2.05) is 19.1 Å². The maximum absolute atomic E-state index is 5.70. The van der Waals surface area contributed by atoms with Crippen molar-refractivity contribution >= 4 is 0 Å². The van der Waals surface area contributed by atoms with Crippen molar-refractivity contribution in [3.8, 4) is 0 Å². The van der Waals surface area contributed by atoms with E-state index in [0.717, 1.165) is 11.5 Å². The van der Waals surface area contributed by atoms with Gasteiger partial charge in [0.25, 0.3) is 0 Å². The highest BCUT2D eigenvalue weighted by atomic mass is 16.5. The first-order valence-electron chi connectivity index (χ1n) is 3.55. The average Bonchev–Trinajstić information content (AvgIpc) is 2.36. The van der Waals surface area contributed by atoms with Crippen LogP contribution < -0.4 is 5.73 Å². The molecule has 0 aliphatic rings. The lowest BCUT2D eigenvalue weighted by Gasteiger charge is -2.05. The molecule has 0 radical (unpaired) electrons. The summed E-state index contributed by atoms with van der Waals surface area (Å²) in [6.07, 6.45) is 0. The lowest BCUT2D eigenvalue weighted by molar-refractivity contribution is 0.172. The molecule has 1 unspecified atom stereocenters. The van der Waals surface area contributed by atoms with E-state index in [1.54, 1.807) is 7.11 Å². The maximum atomic E-state index is 5.70. The van der Waals surface area contributed by atoms with E-state index in [-0.39, 0.29) is 6.04 Å². The number of hydrogen-bond donors (Lipinski definition) is 1. The van der Waals surface area contributed by atoms with Crippen LogP contribution in [0.1, 0.15) is 17.6 Å². The van der Waals surface area contributed by atoms with Gasteiger partial charge in [0.05, 0.1) is 12.6 Å². The van der Waals surface area contributed by atoms with Gasteiger partial charge in [-0.25, -0.2) is 0 Å². The summed E-state index contributed by atoms with van der Waals surface area (Å²) in [6.45, 7) is 2.38. The van der Waals surface area contributed by atoms with Gasteiger partial charge in [-0.05, 0) is 19.1 Å². The quantitative estimate of drug-likeness (QED) is 0.714. The van der Waals surface area contributed by atoms with Crippen LogP contribution in [0.5, 0.6) is 0 Å².